The second-order valence-corrected chi connectivity index (χ2v) is 12.5. The van der Waals surface area contributed by atoms with Crippen LogP contribution in [-0.4, -0.2) is 58.8 Å². The predicted octanol–water partition coefficient (Wildman–Crippen LogP) is 8.20. The van der Waals surface area contributed by atoms with E-state index in [-0.39, 0.29) is 19.4 Å². The Morgan fingerprint density at radius 1 is 0.523 bits per heavy atom. The summed E-state index contributed by atoms with van der Waals surface area (Å²) >= 11 is 0. The molecule has 3 atom stereocenters. The second-order valence-electron chi connectivity index (χ2n) is 12.5. The van der Waals surface area contributed by atoms with Gasteiger partial charge in [-0.2, -0.15) is 9.78 Å². The van der Waals surface area contributed by atoms with Gasteiger partial charge in [0.15, 0.2) is 6.10 Å². The molecule has 0 aromatic rings. The molecule has 0 amide bonds. The fourth-order valence-corrected chi connectivity index (χ4v) is 5.15. The third-order valence-electron chi connectivity index (χ3n) is 7.97. The maximum Gasteiger partial charge on any atom is 0.344 e. The first-order chi connectivity index (χ1) is 21.4. The lowest BCUT2D eigenvalue weighted by Crippen LogP contribution is -2.27. The average Bonchev–Trinajstić information content (AvgIpc) is 3.00. The lowest BCUT2D eigenvalue weighted by molar-refractivity contribution is -0.340. The summed E-state index contributed by atoms with van der Waals surface area (Å²) in [6.45, 7) is 3.57. The number of aliphatic hydroxyl groups is 3. The van der Waals surface area contributed by atoms with Crippen LogP contribution in [-0.2, 0) is 29.1 Å². The van der Waals surface area contributed by atoms with Crippen molar-refractivity contribution in [1.29, 1.82) is 0 Å². The first-order valence-corrected chi connectivity index (χ1v) is 18.1. The summed E-state index contributed by atoms with van der Waals surface area (Å²) in [6, 6.07) is 0. The van der Waals surface area contributed by atoms with Crippen molar-refractivity contribution in [3.8, 4) is 0 Å². The summed E-state index contributed by atoms with van der Waals surface area (Å²) in [5, 5.41) is 29.6. The van der Waals surface area contributed by atoms with E-state index in [4.69, 9.17) is 9.78 Å². The van der Waals surface area contributed by atoms with Gasteiger partial charge in [-0.25, -0.2) is 9.59 Å². The summed E-state index contributed by atoms with van der Waals surface area (Å²) in [4.78, 5) is 42.9. The van der Waals surface area contributed by atoms with Crippen molar-refractivity contribution in [3.63, 3.8) is 0 Å². The van der Waals surface area contributed by atoms with Crippen molar-refractivity contribution >= 4 is 11.9 Å². The van der Waals surface area contributed by atoms with Crippen molar-refractivity contribution in [3.05, 3.63) is 0 Å². The zero-order valence-corrected chi connectivity index (χ0v) is 28.3. The van der Waals surface area contributed by atoms with Crippen LogP contribution in [0.25, 0.3) is 0 Å². The summed E-state index contributed by atoms with van der Waals surface area (Å²) in [6.07, 6.45) is 24.8. The van der Waals surface area contributed by atoms with Gasteiger partial charge in [0.1, 0.15) is 6.61 Å². The standard InChI is InChI=1S/C35H68O9/c1-3-5-7-9-11-13-15-17-19-21-23-25-31(37)27-34(39)43-41-30-33(29-36)42-44-35(40)28-32(38)26-24-22-20-18-16-14-12-10-8-6-4-2/h31-33,36-38H,3-30H2,1-2H3. The van der Waals surface area contributed by atoms with E-state index in [1.165, 1.54) is 103 Å². The molecular formula is C35H68O9. The molecule has 0 heterocycles. The molecule has 0 fully saturated rings. The molecule has 0 radical (unpaired) electrons. The highest BCUT2D eigenvalue weighted by Gasteiger charge is 2.19. The number of hydrogen-bond acceptors (Lipinski definition) is 9. The molecule has 3 unspecified atom stereocenters. The Balaban J connectivity index is 3.72. The third kappa shape index (κ3) is 30.8. The van der Waals surface area contributed by atoms with Crippen LogP contribution in [0.3, 0.4) is 0 Å². The van der Waals surface area contributed by atoms with Gasteiger partial charge < -0.3 is 15.3 Å². The third-order valence-corrected chi connectivity index (χ3v) is 7.97. The normalized spacial score (nSPS) is 13.5. The van der Waals surface area contributed by atoms with Gasteiger partial charge in [-0.05, 0) is 12.8 Å². The topological polar surface area (TPSA) is 132 Å². The SMILES string of the molecule is CCCCCCCCCCCCCC(O)CC(=O)OOCC(CO)OOC(=O)CC(O)CCCCCCCCCCCCC. The lowest BCUT2D eigenvalue weighted by Gasteiger charge is -2.14. The number of rotatable bonds is 34. The fraction of sp³-hybridized carbons (Fsp3) is 0.943. The monoisotopic (exact) mass is 632 g/mol. The Kier molecular flexibility index (Phi) is 32.2. The van der Waals surface area contributed by atoms with Gasteiger partial charge in [0.2, 0.25) is 0 Å². The molecule has 44 heavy (non-hydrogen) atoms. The molecular weight excluding hydrogens is 564 g/mol. The summed E-state index contributed by atoms with van der Waals surface area (Å²) in [5.41, 5.74) is 0. The fourth-order valence-electron chi connectivity index (χ4n) is 5.15. The first kappa shape index (κ1) is 42.7. The van der Waals surface area contributed by atoms with E-state index in [1.807, 2.05) is 0 Å². The average molecular weight is 633 g/mol. The van der Waals surface area contributed by atoms with E-state index in [9.17, 15) is 24.9 Å². The number of unbranched alkanes of at least 4 members (excludes halogenated alkanes) is 20. The molecule has 262 valence electrons. The van der Waals surface area contributed by atoms with Crippen molar-refractivity contribution < 1.29 is 44.5 Å². The van der Waals surface area contributed by atoms with E-state index < -0.39 is 36.9 Å². The van der Waals surface area contributed by atoms with Gasteiger partial charge in [-0.15, -0.1) is 0 Å². The van der Waals surface area contributed by atoms with Crippen LogP contribution in [0.2, 0.25) is 0 Å². The molecule has 0 aromatic heterocycles. The van der Waals surface area contributed by atoms with E-state index >= 15 is 0 Å². The van der Waals surface area contributed by atoms with Gasteiger partial charge >= 0.3 is 11.9 Å². The number of carbonyl (C=O) groups is 2. The van der Waals surface area contributed by atoms with E-state index in [2.05, 4.69) is 23.6 Å². The Labute approximate surface area is 268 Å². The highest BCUT2D eigenvalue weighted by Crippen LogP contribution is 2.15. The molecule has 0 aliphatic carbocycles. The second kappa shape index (κ2) is 33.1. The van der Waals surface area contributed by atoms with Crippen LogP contribution in [0, 0.1) is 0 Å². The molecule has 0 aliphatic heterocycles. The quantitative estimate of drug-likeness (QED) is 0.0365. The Hall–Kier alpha value is -1.26. The molecule has 0 aliphatic rings. The van der Waals surface area contributed by atoms with Gasteiger partial charge in [-0.3, -0.25) is 9.78 Å². The zero-order valence-electron chi connectivity index (χ0n) is 28.3. The number of carbonyl (C=O) groups excluding carboxylic acids is 2. The van der Waals surface area contributed by atoms with Crippen molar-refractivity contribution in [1.82, 2.24) is 0 Å². The largest absolute Gasteiger partial charge is 0.393 e. The van der Waals surface area contributed by atoms with Crippen LogP contribution < -0.4 is 0 Å². The first-order valence-electron chi connectivity index (χ1n) is 18.1. The van der Waals surface area contributed by atoms with E-state index in [0.717, 1.165) is 38.5 Å². The minimum atomic E-state index is -1.06. The van der Waals surface area contributed by atoms with Crippen LogP contribution in [0.4, 0.5) is 0 Å². The van der Waals surface area contributed by atoms with Gasteiger partial charge in [0, 0.05) is 0 Å². The summed E-state index contributed by atoms with van der Waals surface area (Å²) < 4.78 is 0. The van der Waals surface area contributed by atoms with Crippen molar-refractivity contribution in [2.24, 2.45) is 0 Å². The van der Waals surface area contributed by atoms with Crippen molar-refractivity contribution in [2.45, 2.75) is 199 Å². The van der Waals surface area contributed by atoms with Gasteiger partial charge in [-0.1, -0.05) is 155 Å². The maximum absolute atomic E-state index is 12.0. The molecule has 3 N–H and O–H groups in total. The highest BCUT2D eigenvalue weighted by molar-refractivity contribution is 5.69. The minimum Gasteiger partial charge on any atom is -0.393 e. The van der Waals surface area contributed by atoms with Crippen LogP contribution >= 0.6 is 0 Å². The molecule has 0 saturated carbocycles. The Morgan fingerprint density at radius 2 is 0.864 bits per heavy atom. The van der Waals surface area contributed by atoms with Gasteiger partial charge in [0.05, 0.1) is 31.7 Å². The molecule has 0 rings (SSSR count). The van der Waals surface area contributed by atoms with E-state index in [0.29, 0.717) is 12.8 Å². The van der Waals surface area contributed by atoms with Crippen LogP contribution in [0.5, 0.6) is 0 Å². The molecule has 0 aromatic carbocycles. The number of aliphatic hydroxyl groups excluding tert-OH is 3. The molecule has 0 saturated heterocycles. The zero-order chi connectivity index (χ0) is 32.5. The molecule has 9 nitrogen and oxygen atoms in total. The minimum absolute atomic E-state index is 0.186. The number of hydrogen-bond donors (Lipinski definition) is 3. The Morgan fingerprint density at radius 3 is 1.23 bits per heavy atom. The van der Waals surface area contributed by atoms with Gasteiger partial charge in [0.25, 0.3) is 0 Å². The lowest BCUT2D eigenvalue weighted by atomic mass is 10.0. The van der Waals surface area contributed by atoms with Crippen LogP contribution in [0.1, 0.15) is 181 Å². The summed E-state index contributed by atoms with van der Waals surface area (Å²) in [5.74, 6) is -1.47. The Bertz CT molecular complexity index is 631. The molecule has 9 heteroatoms. The van der Waals surface area contributed by atoms with Crippen LogP contribution in [0.15, 0.2) is 0 Å². The smallest absolute Gasteiger partial charge is 0.344 e. The summed E-state index contributed by atoms with van der Waals surface area (Å²) in [7, 11) is 0. The molecule has 0 bridgehead atoms. The van der Waals surface area contributed by atoms with E-state index in [1.54, 1.807) is 0 Å². The highest BCUT2D eigenvalue weighted by atomic mass is 17.2. The maximum atomic E-state index is 12.0. The molecule has 0 spiro atoms. The predicted molar refractivity (Wildman–Crippen MR) is 173 cm³/mol. The van der Waals surface area contributed by atoms with Crippen molar-refractivity contribution in [2.75, 3.05) is 13.2 Å².